The average Bonchev–Trinajstić information content (AvgIpc) is 2.58. The molecule has 3 fully saturated rings. The third-order valence-electron chi connectivity index (χ3n) is 7.64. The van der Waals surface area contributed by atoms with Crippen LogP contribution in [0.4, 0.5) is 0 Å². The fourth-order valence-electron chi connectivity index (χ4n) is 5.65. The van der Waals surface area contributed by atoms with Crippen LogP contribution in [0.2, 0.25) is 0 Å². The van der Waals surface area contributed by atoms with Crippen LogP contribution in [-0.4, -0.2) is 22.4 Å². The number of hydrogen-bond acceptors (Lipinski definition) is 2. The van der Waals surface area contributed by atoms with Crippen LogP contribution in [-0.2, 0) is 0 Å². The summed E-state index contributed by atoms with van der Waals surface area (Å²) in [5.41, 5.74) is 2.13. The summed E-state index contributed by atoms with van der Waals surface area (Å²) in [6, 6.07) is 0. The Balaban J connectivity index is 1.50. The Hall–Kier alpha value is -0.340. The van der Waals surface area contributed by atoms with Crippen molar-refractivity contribution in [3.63, 3.8) is 0 Å². The van der Waals surface area contributed by atoms with Crippen molar-refractivity contribution in [3.05, 3.63) is 11.6 Å². The standard InChI is InChI=1S/C22H38O2/c1-22(2,19-9-13-21(24)14-10-19)18-7-3-16(4-8-18)15-17-5-11-20(23)12-6-17/h15,17-21,23-24H,3-14H2,1-2H3. The summed E-state index contributed by atoms with van der Waals surface area (Å²) in [4.78, 5) is 0. The fraction of sp³-hybridized carbons (Fsp3) is 0.909. The molecule has 0 aromatic heterocycles. The van der Waals surface area contributed by atoms with Crippen molar-refractivity contribution in [1.82, 2.24) is 0 Å². The zero-order chi connectivity index (χ0) is 17.2. The number of hydrogen-bond donors (Lipinski definition) is 2. The van der Waals surface area contributed by atoms with E-state index in [1.807, 2.05) is 0 Å². The molecule has 0 heterocycles. The molecule has 138 valence electrons. The molecule has 3 aliphatic carbocycles. The first kappa shape index (κ1) is 18.5. The summed E-state index contributed by atoms with van der Waals surface area (Å²) in [5.74, 6) is 2.38. The van der Waals surface area contributed by atoms with Gasteiger partial charge in [-0.3, -0.25) is 0 Å². The van der Waals surface area contributed by atoms with Gasteiger partial charge in [-0.15, -0.1) is 0 Å². The topological polar surface area (TPSA) is 40.5 Å². The summed E-state index contributed by atoms with van der Waals surface area (Å²) >= 11 is 0. The molecule has 0 aromatic carbocycles. The first-order valence-electron chi connectivity index (χ1n) is 10.5. The molecule has 0 saturated heterocycles. The van der Waals surface area contributed by atoms with E-state index in [2.05, 4.69) is 19.9 Å². The molecule has 2 nitrogen and oxygen atoms in total. The third kappa shape index (κ3) is 4.43. The van der Waals surface area contributed by atoms with Crippen molar-refractivity contribution < 1.29 is 10.2 Å². The Morgan fingerprint density at radius 1 is 0.708 bits per heavy atom. The fourth-order valence-corrected chi connectivity index (χ4v) is 5.65. The lowest BCUT2D eigenvalue weighted by Gasteiger charge is -2.45. The Labute approximate surface area is 148 Å². The van der Waals surface area contributed by atoms with Crippen molar-refractivity contribution >= 4 is 0 Å². The van der Waals surface area contributed by atoms with Crippen molar-refractivity contribution in [2.45, 2.75) is 103 Å². The lowest BCUT2D eigenvalue weighted by atomic mass is 9.60. The first-order chi connectivity index (χ1) is 11.4. The summed E-state index contributed by atoms with van der Waals surface area (Å²) < 4.78 is 0. The monoisotopic (exact) mass is 334 g/mol. The van der Waals surface area contributed by atoms with Crippen molar-refractivity contribution in [2.75, 3.05) is 0 Å². The molecule has 0 unspecified atom stereocenters. The maximum absolute atomic E-state index is 9.79. The quantitative estimate of drug-likeness (QED) is 0.694. The normalized spacial score (nSPS) is 38.8. The molecule has 2 N–H and O–H groups in total. The van der Waals surface area contributed by atoms with Crippen LogP contribution in [0.1, 0.15) is 90.9 Å². The van der Waals surface area contributed by atoms with Gasteiger partial charge >= 0.3 is 0 Å². The van der Waals surface area contributed by atoms with Gasteiger partial charge < -0.3 is 10.2 Å². The van der Waals surface area contributed by atoms with Crippen LogP contribution in [0.25, 0.3) is 0 Å². The van der Waals surface area contributed by atoms with E-state index < -0.39 is 0 Å². The van der Waals surface area contributed by atoms with E-state index in [0.29, 0.717) is 5.41 Å². The average molecular weight is 335 g/mol. The van der Waals surface area contributed by atoms with Gasteiger partial charge in [0.1, 0.15) is 0 Å². The highest BCUT2D eigenvalue weighted by Gasteiger charge is 2.39. The first-order valence-corrected chi connectivity index (χ1v) is 10.5. The van der Waals surface area contributed by atoms with Crippen molar-refractivity contribution in [2.24, 2.45) is 23.2 Å². The van der Waals surface area contributed by atoms with Crippen molar-refractivity contribution in [1.29, 1.82) is 0 Å². The summed E-state index contributed by atoms with van der Waals surface area (Å²) in [5, 5.41) is 19.4. The third-order valence-corrected chi connectivity index (χ3v) is 7.64. The van der Waals surface area contributed by atoms with Gasteiger partial charge in [-0.05, 0) is 100 Å². The minimum Gasteiger partial charge on any atom is -0.393 e. The second-order valence-corrected chi connectivity index (χ2v) is 9.49. The summed E-state index contributed by atoms with van der Waals surface area (Å²) in [6.07, 6.45) is 16.6. The number of aliphatic hydroxyl groups excluding tert-OH is 2. The van der Waals surface area contributed by atoms with E-state index in [-0.39, 0.29) is 12.2 Å². The van der Waals surface area contributed by atoms with Crippen LogP contribution in [0.5, 0.6) is 0 Å². The lowest BCUT2D eigenvalue weighted by Crippen LogP contribution is -2.37. The Morgan fingerprint density at radius 2 is 1.17 bits per heavy atom. The molecule has 0 radical (unpaired) electrons. The Morgan fingerprint density at radius 3 is 1.71 bits per heavy atom. The minimum atomic E-state index is -0.0369. The maximum Gasteiger partial charge on any atom is 0.0540 e. The summed E-state index contributed by atoms with van der Waals surface area (Å²) in [7, 11) is 0. The molecule has 24 heavy (non-hydrogen) atoms. The summed E-state index contributed by atoms with van der Waals surface area (Å²) in [6.45, 7) is 4.99. The molecule has 0 atom stereocenters. The van der Waals surface area contributed by atoms with E-state index in [0.717, 1.165) is 43.4 Å². The highest BCUT2D eigenvalue weighted by Crippen LogP contribution is 2.49. The predicted octanol–water partition coefficient (Wildman–Crippen LogP) is 5.23. The number of aliphatic hydroxyl groups is 2. The van der Waals surface area contributed by atoms with Gasteiger partial charge in [0.15, 0.2) is 0 Å². The molecule has 3 saturated carbocycles. The van der Waals surface area contributed by atoms with Crippen LogP contribution in [0, 0.1) is 23.2 Å². The van der Waals surface area contributed by atoms with Gasteiger partial charge in [-0.1, -0.05) is 25.5 Å². The zero-order valence-electron chi connectivity index (χ0n) is 15.8. The molecule has 3 rings (SSSR count). The Kier molecular flexibility index (Phi) is 6.08. The Bertz CT molecular complexity index is 413. The molecule has 3 aliphatic rings. The highest BCUT2D eigenvalue weighted by molar-refractivity contribution is 5.09. The smallest absolute Gasteiger partial charge is 0.0540 e. The number of allylic oxidation sites excluding steroid dienone is 2. The van der Waals surface area contributed by atoms with Crippen LogP contribution in [0.3, 0.4) is 0 Å². The molecule has 0 aliphatic heterocycles. The van der Waals surface area contributed by atoms with Crippen LogP contribution < -0.4 is 0 Å². The number of rotatable bonds is 3. The van der Waals surface area contributed by atoms with Crippen molar-refractivity contribution in [3.8, 4) is 0 Å². The van der Waals surface area contributed by atoms with Gasteiger partial charge in [0.25, 0.3) is 0 Å². The predicted molar refractivity (Wildman–Crippen MR) is 99.8 cm³/mol. The molecule has 0 bridgehead atoms. The largest absolute Gasteiger partial charge is 0.393 e. The molecule has 0 spiro atoms. The molecule has 0 aromatic rings. The molecular formula is C22H38O2. The maximum atomic E-state index is 9.79. The van der Waals surface area contributed by atoms with E-state index in [4.69, 9.17) is 0 Å². The second-order valence-electron chi connectivity index (χ2n) is 9.49. The molecular weight excluding hydrogens is 296 g/mol. The van der Waals surface area contributed by atoms with Gasteiger partial charge in [-0.2, -0.15) is 0 Å². The van der Waals surface area contributed by atoms with Gasteiger partial charge in [0, 0.05) is 0 Å². The highest BCUT2D eigenvalue weighted by atomic mass is 16.3. The van der Waals surface area contributed by atoms with Gasteiger partial charge in [0.2, 0.25) is 0 Å². The van der Waals surface area contributed by atoms with E-state index in [1.54, 1.807) is 5.57 Å². The lowest BCUT2D eigenvalue weighted by molar-refractivity contribution is 0.0254. The SMILES string of the molecule is CC(C)(C1CCC(=CC2CCC(O)CC2)CC1)C1CCC(O)CC1. The minimum absolute atomic E-state index is 0.0352. The van der Waals surface area contributed by atoms with E-state index in [1.165, 1.54) is 51.4 Å². The van der Waals surface area contributed by atoms with Crippen LogP contribution >= 0.6 is 0 Å². The van der Waals surface area contributed by atoms with E-state index >= 15 is 0 Å². The zero-order valence-corrected chi connectivity index (χ0v) is 15.8. The van der Waals surface area contributed by atoms with E-state index in [9.17, 15) is 10.2 Å². The van der Waals surface area contributed by atoms with Crippen LogP contribution in [0.15, 0.2) is 11.6 Å². The molecule has 2 heteroatoms. The molecule has 0 amide bonds. The van der Waals surface area contributed by atoms with Gasteiger partial charge in [0.05, 0.1) is 12.2 Å². The second kappa shape index (κ2) is 7.91. The van der Waals surface area contributed by atoms with Gasteiger partial charge in [-0.25, -0.2) is 0 Å².